The summed E-state index contributed by atoms with van der Waals surface area (Å²) >= 11 is 0. The van der Waals surface area contributed by atoms with Gasteiger partial charge in [0.1, 0.15) is 5.82 Å². The molecule has 4 heteroatoms. The molecule has 2 saturated heterocycles. The van der Waals surface area contributed by atoms with Gasteiger partial charge in [-0.1, -0.05) is 32.4 Å². The number of nitrogens with zero attached hydrogens (tertiary/aromatic N) is 2. The van der Waals surface area contributed by atoms with Crippen LogP contribution in [0.4, 0.5) is 4.39 Å². The molecule has 2 fully saturated rings. The van der Waals surface area contributed by atoms with Crippen LogP contribution in [0.2, 0.25) is 0 Å². The number of carbonyl (C=O) groups is 1. The molecule has 0 radical (unpaired) electrons. The van der Waals surface area contributed by atoms with Gasteiger partial charge in [-0.25, -0.2) is 4.39 Å². The third kappa shape index (κ3) is 4.81. The van der Waals surface area contributed by atoms with Crippen molar-refractivity contribution in [3.63, 3.8) is 0 Å². The number of likely N-dealkylation sites (tertiary alicyclic amines) is 2. The van der Waals surface area contributed by atoms with E-state index < -0.39 is 0 Å². The van der Waals surface area contributed by atoms with E-state index in [0.29, 0.717) is 18.3 Å². The zero-order chi connectivity index (χ0) is 17.8. The fourth-order valence-corrected chi connectivity index (χ4v) is 4.33. The van der Waals surface area contributed by atoms with E-state index in [2.05, 4.69) is 18.7 Å². The molecule has 1 aromatic carbocycles. The normalized spacial score (nSPS) is 24.9. The molecule has 0 saturated carbocycles. The first-order valence-corrected chi connectivity index (χ1v) is 9.78. The number of carbonyl (C=O) groups excluding carboxylic acids is 1. The van der Waals surface area contributed by atoms with Crippen molar-refractivity contribution in [1.82, 2.24) is 9.80 Å². The number of hydrogen-bond donors (Lipinski definition) is 0. The summed E-state index contributed by atoms with van der Waals surface area (Å²) in [5, 5.41) is 0. The number of piperidine rings is 1. The lowest BCUT2D eigenvalue weighted by Crippen LogP contribution is -2.37. The molecule has 0 spiro atoms. The first-order valence-electron chi connectivity index (χ1n) is 9.78. The van der Waals surface area contributed by atoms with Crippen LogP contribution >= 0.6 is 0 Å². The van der Waals surface area contributed by atoms with Crippen molar-refractivity contribution < 1.29 is 9.18 Å². The lowest BCUT2D eigenvalue weighted by Gasteiger charge is -2.31. The molecule has 2 heterocycles. The molecule has 3 rings (SSSR count). The molecule has 2 aliphatic rings. The molecule has 0 aromatic heterocycles. The van der Waals surface area contributed by atoms with Crippen molar-refractivity contribution in [2.75, 3.05) is 32.7 Å². The minimum Gasteiger partial charge on any atom is -0.342 e. The van der Waals surface area contributed by atoms with Gasteiger partial charge >= 0.3 is 0 Å². The summed E-state index contributed by atoms with van der Waals surface area (Å²) in [4.78, 5) is 17.1. The summed E-state index contributed by atoms with van der Waals surface area (Å²) in [6, 6.07) is 6.97. The summed E-state index contributed by atoms with van der Waals surface area (Å²) < 4.78 is 13.7. The topological polar surface area (TPSA) is 23.6 Å². The van der Waals surface area contributed by atoms with Gasteiger partial charge in [0.2, 0.25) is 5.91 Å². The van der Waals surface area contributed by atoms with Gasteiger partial charge in [0.05, 0.1) is 0 Å². The quantitative estimate of drug-likeness (QED) is 0.807. The van der Waals surface area contributed by atoms with E-state index in [-0.39, 0.29) is 17.6 Å². The van der Waals surface area contributed by atoms with Gasteiger partial charge in [0.15, 0.2) is 0 Å². The molecule has 25 heavy (non-hydrogen) atoms. The summed E-state index contributed by atoms with van der Waals surface area (Å²) in [6.07, 6.45) is 4.47. The number of halogens is 1. The van der Waals surface area contributed by atoms with Gasteiger partial charge < -0.3 is 9.80 Å². The second kappa shape index (κ2) is 8.31. The van der Waals surface area contributed by atoms with Crippen molar-refractivity contribution >= 4 is 5.91 Å². The monoisotopic (exact) mass is 346 g/mol. The van der Waals surface area contributed by atoms with E-state index in [1.165, 1.54) is 25.3 Å². The maximum Gasteiger partial charge on any atom is 0.222 e. The van der Waals surface area contributed by atoms with Crippen LogP contribution < -0.4 is 0 Å². The Morgan fingerprint density at radius 3 is 2.64 bits per heavy atom. The highest BCUT2D eigenvalue weighted by Gasteiger charge is 2.37. The van der Waals surface area contributed by atoms with Gasteiger partial charge in [0, 0.05) is 32.0 Å². The molecule has 1 amide bonds. The highest BCUT2D eigenvalue weighted by atomic mass is 19.1. The van der Waals surface area contributed by atoms with Crippen molar-refractivity contribution in [1.29, 1.82) is 0 Å². The number of amides is 1. The molecule has 0 N–H and O–H groups in total. The average molecular weight is 346 g/mol. The lowest BCUT2D eigenvalue weighted by atomic mass is 9.88. The number of rotatable bonds is 5. The fraction of sp³-hybridized carbons (Fsp3) is 0.667. The van der Waals surface area contributed by atoms with Gasteiger partial charge in [-0.15, -0.1) is 0 Å². The molecule has 0 aliphatic carbocycles. The second-order valence-electron chi connectivity index (χ2n) is 8.18. The second-order valence-corrected chi connectivity index (χ2v) is 8.18. The predicted molar refractivity (Wildman–Crippen MR) is 99.0 cm³/mol. The van der Waals surface area contributed by atoms with E-state index in [1.54, 1.807) is 12.1 Å². The zero-order valence-electron chi connectivity index (χ0n) is 15.6. The van der Waals surface area contributed by atoms with E-state index in [1.807, 2.05) is 11.0 Å². The van der Waals surface area contributed by atoms with Crippen LogP contribution in [0.5, 0.6) is 0 Å². The van der Waals surface area contributed by atoms with E-state index in [9.17, 15) is 9.18 Å². The third-order valence-electron chi connectivity index (χ3n) is 5.59. The third-order valence-corrected chi connectivity index (χ3v) is 5.59. The largest absolute Gasteiger partial charge is 0.342 e. The maximum absolute atomic E-state index is 13.7. The Kier molecular flexibility index (Phi) is 6.10. The summed E-state index contributed by atoms with van der Waals surface area (Å²) in [5.74, 6) is 1.09. The van der Waals surface area contributed by atoms with Crippen molar-refractivity contribution in [3.05, 3.63) is 35.6 Å². The van der Waals surface area contributed by atoms with Crippen LogP contribution in [-0.4, -0.2) is 48.4 Å². The standard InChI is InChI=1S/C21H31FN2O/c1-16(2)11-21(25)24-14-18(13-23-9-4-3-5-10-23)20(15-24)17-7-6-8-19(22)12-17/h6-8,12,16,18,20H,3-5,9-11,13-15H2,1-2H3. The zero-order valence-corrected chi connectivity index (χ0v) is 15.6. The Bertz CT molecular complexity index is 583. The van der Waals surface area contributed by atoms with E-state index in [4.69, 9.17) is 0 Å². The SMILES string of the molecule is CC(C)CC(=O)N1CC(CN2CCCCC2)C(c2cccc(F)c2)C1. The Morgan fingerprint density at radius 2 is 1.96 bits per heavy atom. The van der Waals surface area contributed by atoms with Crippen LogP contribution in [0, 0.1) is 17.7 Å². The molecule has 1 aromatic rings. The molecular formula is C21H31FN2O. The molecular weight excluding hydrogens is 315 g/mol. The first-order chi connectivity index (χ1) is 12.0. The Balaban J connectivity index is 1.74. The predicted octanol–water partition coefficient (Wildman–Crippen LogP) is 3.90. The summed E-state index contributed by atoms with van der Waals surface area (Å²) in [7, 11) is 0. The molecule has 2 atom stereocenters. The molecule has 0 bridgehead atoms. The van der Waals surface area contributed by atoms with Crippen molar-refractivity contribution in [3.8, 4) is 0 Å². The molecule has 3 nitrogen and oxygen atoms in total. The van der Waals surface area contributed by atoms with Crippen molar-refractivity contribution in [2.45, 2.75) is 45.4 Å². The Hall–Kier alpha value is -1.42. The lowest BCUT2D eigenvalue weighted by molar-refractivity contribution is -0.131. The van der Waals surface area contributed by atoms with Crippen LogP contribution in [0.1, 0.15) is 51.0 Å². The highest BCUT2D eigenvalue weighted by Crippen LogP contribution is 2.34. The van der Waals surface area contributed by atoms with Crippen LogP contribution in [0.15, 0.2) is 24.3 Å². The number of benzene rings is 1. The Labute approximate surface area is 151 Å². The minimum atomic E-state index is -0.179. The first kappa shape index (κ1) is 18.4. The smallest absolute Gasteiger partial charge is 0.222 e. The van der Waals surface area contributed by atoms with Gasteiger partial charge in [-0.3, -0.25) is 4.79 Å². The Morgan fingerprint density at radius 1 is 1.20 bits per heavy atom. The van der Waals surface area contributed by atoms with E-state index in [0.717, 1.165) is 38.3 Å². The molecule has 138 valence electrons. The van der Waals surface area contributed by atoms with E-state index >= 15 is 0 Å². The molecule has 2 unspecified atom stereocenters. The van der Waals surface area contributed by atoms with Gasteiger partial charge in [-0.2, -0.15) is 0 Å². The minimum absolute atomic E-state index is 0.179. The van der Waals surface area contributed by atoms with Crippen molar-refractivity contribution in [2.24, 2.45) is 11.8 Å². The van der Waals surface area contributed by atoms with Gasteiger partial charge in [-0.05, 0) is 55.5 Å². The maximum atomic E-state index is 13.7. The average Bonchev–Trinajstić information content (AvgIpc) is 2.99. The fourth-order valence-electron chi connectivity index (χ4n) is 4.33. The molecule has 2 aliphatic heterocycles. The van der Waals surface area contributed by atoms with Gasteiger partial charge in [0.25, 0.3) is 0 Å². The summed E-state index contributed by atoms with van der Waals surface area (Å²) in [5.41, 5.74) is 1.04. The summed E-state index contributed by atoms with van der Waals surface area (Å²) in [6.45, 7) is 9.05. The van der Waals surface area contributed by atoms with Crippen LogP contribution in [-0.2, 0) is 4.79 Å². The highest BCUT2D eigenvalue weighted by molar-refractivity contribution is 5.76. The number of hydrogen-bond acceptors (Lipinski definition) is 2. The van der Waals surface area contributed by atoms with Crippen LogP contribution in [0.25, 0.3) is 0 Å². The van der Waals surface area contributed by atoms with Crippen LogP contribution in [0.3, 0.4) is 0 Å².